The molecular weight excluding hydrogens is 434 g/mol. The van der Waals surface area contributed by atoms with Gasteiger partial charge in [0.1, 0.15) is 4.90 Å². The molecule has 0 spiro atoms. The summed E-state index contributed by atoms with van der Waals surface area (Å²) in [6.45, 7) is 7.22. The van der Waals surface area contributed by atoms with Gasteiger partial charge >= 0.3 is 0 Å². The van der Waals surface area contributed by atoms with Crippen LogP contribution in [0.5, 0.6) is 0 Å². The molecule has 1 aliphatic rings. The third-order valence-corrected chi connectivity index (χ3v) is 7.28. The summed E-state index contributed by atoms with van der Waals surface area (Å²) in [6.07, 6.45) is 3.13. The highest BCUT2D eigenvalue weighted by atomic mass is 79.9. The normalized spacial score (nSPS) is 15.9. The number of nitrogens with zero attached hydrogens (tertiary/aromatic N) is 5. The maximum absolute atomic E-state index is 13.1. The Morgan fingerprint density at radius 2 is 1.85 bits per heavy atom. The molecule has 10 heteroatoms. The zero-order valence-electron chi connectivity index (χ0n) is 15.5. The number of pyridine rings is 1. The van der Waals surface area contributed by atoms with E-state index in [2.05, 4.69) is 26.0 Å². The van der Waals surface area contributed by atoms with Gasteiger partial charge in [0.2, 0.25) is 10.0 Å². The van der Waals surface area contributed by atoms with E-state index in [9.17, 15) is 13.2 Å². The number of hydrogen-bond donors (Lipinski definition) is 0. The first-order chi connectivity index (χ1) is 12.8. The minimum atomic E-state index is -3.64. The van der Waals surface area contributed by atoms with Crippen LogP contribution >= 0.6 is 15.9 Å². The third-order valence-electron chi connectivity index (χ3n) is 4.69. The molecule has 0 N–H and O–H groups in total. The van der Waals surface area contributed by atoms with Crippen LogP contribution in [0, 0.1) is 13.8 Å². The van der Waals surface area contributed by atoms with E-state index < -0.39 is 10.0 Å². The van der Waals surface area contributed by atoms with Crippen LogP contribution in [-0.2, 0) is 16.6 Å². The Bertz CT molecular complexity index is 965. The van der Waals surface area contributed by atoms with Gasteiger partial charge in [-0.2, -0.15) is 9.40 Å². The smallest absolute Gasteiger partial charge is 0.255 e. The van der Waals surface area contributed by atoms with Crippen LogP contribution in [0.4, 0.5) is 0 Å². The number of carbonyl (C=O) groups excluding carboxylic acids is 1. The molecule has 2 aromatic heterocycles. The highest BCUT2D eigenvalue weighted by Gasteiger charge is 2.34. The lowest BCUT2D eigenvalue weighted by molar-refractivity contribution is 0.0697. The first-order valence-corrected chi connectivity index (χ1v) is 10.9. The van der Waals surface area contributed by atoms with Crippen molar-refractivity contribution in [3.05, 3.63) is 39.9 Å². The fourth-order valence-corrected chi connectivity index (χ4v) is 5.49. The molecule has 2 aromatic rings. The Labute approximate surface area is 167 Å². The summed E-state index contributed by atoms with van der Waals surface area (Å²) >= 11 is 3.31. The second kappa shape index (κ2) is 7.69. The van der Waals surface area contributed by atoms with Crippen molar-refractivity contribution in [3.8, 4) is 0 Å². The summed E-state index contributed by atoms with van der Waals surface area (Å²) in [6, 6.07) is 1.71. The van der Waals surface area contributed by atoms with Gasteiger partial charge in [-0.25, -0.2) is 8.42 Å². The molecule has 1 fully saturated rings. The minimum Gasteiger partial charge on any atom is -0.336 e. The third kappa shape index (κ3) is 3.78. The summed E-state index contributed by atoms with van der Waals surface area (Å²) in [7, 11) is -3.64. The average Bonchev–Trinajstić information content (AvgIpc) is 2.95. The van der Waals surface area contributed by atoms with Crippen molar-refractivity contribution < 1.29 is 13.2 Å². The molecule has 0 aromatic carbocycles. The van der Waals surface area contributed by atoms with Gasteiger partial charge in [-0.05, 0) is 42.8 Å². The molecule has 3 rings (SSSR count). The average molecular weight is 456 g/mol. The molecule has 0 aliphatic carbocycles. The number of sulfonamides is 1. The van der Waals surface area contributed by atoms with Gasteiger partial charge in [0.25, 0.3) is 5.91 Å². The predicted molar refractivity (Wildman–Crippen MR) is 104 cm³/mol. The van der Waals surface area contributed by atoms with Crippen LogP contribution in [0.1, 0.15) is 28.7 Å². The summed E-state index contributed by atoms with van der Waals surface area (Å²) in [4.78, 5) is 18.6. The number of rotatable bonds is 4. The fraction of sp³-hybridized carbons (Fsp3) is 0.471. The van der Waals surface area contributed by atoms with Crippen molar-refractivity contribution in [1.29, 1.82) is 0 Å². The van der Waals surface area contributed by atoms with E-state index in [1.165, 1.54) is 10.5 Å². The maximum atomic E-state index is 13.1. The molecule has 1 saturated heterocycles. The Morgan fingerprint density at radius 3 is 2.41 bits per heavy atom. The predicted octanol–water partition coefficient (Wildman–Crippen LogP) is 1.82. The molecule has 146 valence electrons. The lowest BCUT2D eigenvalue weighted by Gasteiger charge is -2.34. The Balaban J connectivity index is 1.75. The molecule has 1 amide bonds. The molecule has 27 heavy (non-hydrogen) atoms. The van der Waals surface area contributed by atoms with Crippen LogP contribution in [0.3, 0.4) is 0 Å². The van der Waals surface area contributed by atoms with Crippen molar-refractivity contribution in [2.24, 2.45) is 0 Å². The highest BCUT2D eigenvalue weighted by Crippen LogP contribution is 2.25. The second-order valence-corrected chi connectivity index (χ2v) is 9.19. The standard InChI is InChI=1S/C17H22BrN5O3S/c1-4-23-13(3)16(12(2)20-23)27(25,26)22-7-5-21(6-8-22)17(24)14-9-15(18)11-19-10-14/h9-11H,4-8H2,1-3H3. The van der Waals surface area contributed by atoms with E-state index in [0.29, 0.717) is 36.6 Å². The van der Waals surface area contributed by atoms with E-state index in [4.69, 9.17) is 0 Å². The van der Waals surface area contributed by atoms with Gasteiger partial charge in [0.15, 0.2) is 0 Å². The maximum Gasteiger partial charge on any atom is 0.255 e. The van der Waals surface area contributed by atoms with E-state index in [1.807, 2.05) is 6.92 Å². The largest absolute Gasteiger partial charge is 0.336 e. The summed E-state index contributed by atoms with van der Waals surface area (Å²) in [5, 5.41) is 4.32. The number of carbonyl (C=O) groups is 1. The molecule has 3 heterocycles. The molecule has 0 atom stereocenters. The van der Waals surface area contributed by atoms with Crippen LogP contribution < -0.4 is 0 Å². The van der Waals surface area contributed by atoms with Gasteiger partial charge in [-0.3, -0.25) is 14.5 Å². The lowest BCUT2D eigenvalue weighted by Crippen LogP contribution is -2.50. The lowest BCUT2D eigenvalue weighted by atomic mass is 10.2. The first kappa shape index (κ1) is 20.0. The Morgan fingerprint density at radius 1 is 1.19 bits per heavy atom. The number of aryl methyl sites for hydroxylation is 2. The number of halogens is 1. The SMILES string of the molecule is CCn1nc(C)c(S(=O)(=O)N2CCN(C(=O)c3cncc(Br)c3)CC2)c1C. The number of aromatic nitrogens is 3. The van der Waals surface area contributed by atoms with E-state index >= 15 is 0 Å². The van der Waals surface area contributed by atoms with E-state index in [0.717, 1.165) is 4.47 Å². The van der Waals surface area contributed by atoms with E-state index in [1.54, 1.807) is 35.7 Å². The number of piperazine rings is 1. The minimum absolute atomic E-state index is 0.146. The molecule has 1 aliphatic heterocycles. The highest BCUT2D eigenvalue weighted by molar-refractivity contribution is 9.10. The molecule has 0 unspecified atom stereocenters. The van der Waals surface area contributed by atoms with Crippen LogP contribution in [0.25, 0.3) is 0 Å². The second-order valence-electron chi connectivity index (χ2n) is 6.40. The monoisotopic (exact) mass is 455 g/mol. The van der Waals surface area contributed by atoms with Crippen molar-refractivity contribution in [1.82, 2.24) is 24.0 Å². The zero-order valence-corrected chi connectivity index (χ0v) is 17.9. The van der Waals surface area contributed by atoms with E-state index in [-0.39, 0.29) is 23.9 Å². The molecular formula is C17H22BrN5O3S. The summed E-state index contributed by atoms with van der Waals surface area (Å²) in [5.74, 6) is -0.146. The molecule has 0 bridgehead atoms. The van der Waals surface area contributed by atoms with Crippen LogP contribution in [0.2, 0.25) is 0 Å². The zero-order chi connectivity index (χ0) is 19.8. The molecule has 8 nitrogen and oxygen atoms in total. The van der Waals surface area contributed by atoms with Gasteiger partial charge in [-0.1, -0.05) is 0 Å². The fourth-order valence-electron chi connectivity index (χ4n) is 3.33. The van der Waals surface area contributed by atoms with Crippen LogP contribution in [0.15, 0.2) is 27.8 Å². The Hall–Kier alpha value is -1.78. The topological polar surface area (TPSA) is 88.4 Å². The quantitative estimate of drug-likeness (QED) is 0.701. The van der Waals surface area contributed by atoms with Gasteiger partial charge < -0.3 is 4.90 Å². The number of hydrogen-bond acceptors (Lipinski definition) is 5. The van der Waals surface area contributed by atoms with Crippen LogP contribution in [-0.4, -0.2) is 64.5 Å². The first-order valence-electron chi connectivity index (χ1n) is 8.69. The molecule has 0 radical (unpaired) electrons. The van der Waals surface area contributed by atoms with Gasteiger partial charge in [0, 0.05) is 49.6 Å². The van der Waals surface area contributed by atoms with Crippen molar-refractivity contribution in [3.63, 3.8) is 0 Å². The van der Waals surface area contributed by atoms with Gasteiger partial charge in [-0.15, -0.1) is 0 Å². The Kier molecular flexibility index (Phi) is 5.68. The molecule has 0 saturated carbocycles. The number of amides is 1. The summed E-state index contributed by atoms with van der Waals surface area (Å²) in [5.41, 5.74) is 1.64. The van der Waals surface area contributed by atoms with Crippen molar-refractivity contribution in [2.45, 2.75) is 32.2 Å². The van der Waals surface area contributed by atoms with Crippen molar-refractivity contribution >= 4 is 31.9 Å². The van der Waals surface area contributed by atoms with Crippen molar-refractivity contribution in [2.75, 3.05) is 26.2 Å². The van der Waals surface area contributed by atoms with Gasteiger partial charge in [0.05, 0.1) is 17.0 Å². The summed E-state index contributed by atoms with van der Waals surface area (Å²) < 4.78 is 30.1.